The molecule has 0 radical (unpaired) electrons. The molecule has 0 aromatic carbocycles. The first-order valence-electron chi connectivity index (χ1n) is 10.3. The first-order chi connectivity index (χ1) is 14.2. The van der Waals surface area contributed by atoms with Crippen molar-refractivity contribution in [3.63, 3.8) is 0 Å². The van der Waals surface area contributed by atoms with Crippen LogP contribution in [0.2, 0.25) is 0 Å². The molecule has 5 rings (SSSR count). The van der Waals surface area contributed by atoms with Crippen LogP contribution in [-0.4, -0.2) is 60.2 Å². The molecule has 0 saturated carbocycles. The Hall–Kier alpha value is -2.85. The predicted molar refractivity (Wildman–Crippen MR) is 110 cm³/mol. The number of pyridine rings is 1. The molecule has 150 valence electrons. The molecule has 0 unspecified atom stereocenters. The summed E-state index contributed by atoms with van der Waals surface area (Å²) in [5, 5.41) is 10.9. The molecule has 1 amide bonds. The number of ether oxygens (including phenoxy) is 1. The van der Waals surface area contributed by atoms with E-state index in [4.69, 9.17) is 4.74 Å². The van der Waals surface area contributed by atoms with E-state index in [9.17, 15) is 10.1 Å². The van der Waals surface area contributed by atoms with Crippen LogP contribution in [0, 0.1) is 23.2 Å². The average Bonchev–Trinajstić information content (AvgIpc) is 3.46. The third-order valence-electron chi connectivity index (χ3n) is 6.77. The van der Waals surface area contributed by atoms with Crippen molar-refractivity contribution in [1.82, 2.24) is 14.9 Å². The van der Waals surface area contributed by atoms with Crippen molar-refractivity contribution in [3.05, 3.63) is 36.2 Å². The molecule has 5 heterocycles. The fourth-order valence-corrected chi connectivity index (χ4v) is 5.33. The monoisotopic (exact) mass is 391 g/mol. The lowest BCUT2D eigenvalue weighted by Gasteiger charge is -2.26. The van der Waals surface area contributed by atoms with Gasteiger partial charge < -0.3 is 19.5 Å². The highest BCUT2D eigenvalue weighted by molar-refractivity contribution is 5.96. The van der Waals surface area contributed by atoms with Crippen LogP contribution in [0.15, 0.2) is 25.0 Å². The number of carbonyl (C=O) groups is 1. The van der Waals surface area contributed by atoms with Crippen LogP contribution in [0.4, 0.5) is 5.69 Å². The van der Waals surface area contributed by atoms with E-state index in [-0.39, 0.29) is 5.91 Å². The van der Waals surface area contributed by atoms with E-state index in [1.165, 1.54) is 11.6 Å². The van der Waals surface area contributed by atoms with Crippen molar-refractivity contribution < 1.29 is 9.53 Å². The molecule has 7 nitrogen and oxygen atoms in total. The Kier molecular flexibility index (Phi) is 4.51. The molecule has 2 atom stereocenters. The molecule has 29 heavy (non-hydrogen) atoms. The minimum Gasteiger partial charge on any atom is -0.381 e. The lowest BCUT2D eigenvalue weighted by molar-refractivity contribution is -0.125. The lowest BCUT2D eigenvalue weighted by Crippen LogP contribution is -2.32. The van der Waals surface area contributed by atoms with Crippen molar-refractivity contribution in [2.24, 2.45) is 11.8 Å². The number of rotatable bonds is 3. The van der Waals surface area contributed by atoms with E-state index in [1.807, 2.05) is 4.90 Å². The second kappa shape index (κ2) is 7.20. The third-order valence-corrected chi connectivity index (χ3v) is 6.77. The Balaban J connectivity index is 1.50. The maximum Gasteiger partial charge on any atom is 0.245 e. The van der Waals surface area contributed by atoms with Gasteiger partial charge in [-0.05, 0) is 30.4 Å². The summed E-state index contributed by atoms with van der Waals surface area (Å²) in [6, 6.07) is 2.37. The van der Waals surface area contributed by atoms with Crippen LogP contribution in [0.5, 0.6) is 0 Å². The van der Waals surface area contributed by atoms with Crippen molar-refractivity contribution in [2.45, 2.75) is 18.8 Å². The molecule has 2 aromatic heterocycles. The maximum atomic E-state index is 12.0. The average molecular weight is 391 g/mol. The number of fused-ring (bicyclic) bond motifs is 2. The van der Waals surface area contributed by atoms with E-state index in [0.717, 1.165) is 69.0 Å². The number of hydrogen-bond acceptors (Lipinski definition) is 5. The smallest absolute Gasteiger partial charge is 0.245 e. The SMILES string of the molecule is C=CC(=O)N1C[C@@H]2CN(c3c(C#N)cnc4[nH]cc(C5CCOCC5)c34)C[C@@H]2C1. The van der Waals surface area contributed by atoms with Crippen LogP contribution in [-0.2, 0) is 9.53 Å². The summed E-state index contributed by atoms with van der Waals surface area (Å²) in [5.74, 6) is 1.30. The number of amides is 1. The summed E-state index contributed by atoms with van der Waals surface area (Å²) in [7, 11) is 0. The van der Waals surface area contributed by atoms with Crippen molar-refractivity contribution >= 4 is 22.6 Å². The number of aromatic nitrogens is 2. The number of carbonyl (C=O) groups excluding carboxylic acids is 1. The van der Waals surface area contributed by atoms with Crippen LogP contribution in [0.25, 0.3) is 11.0 Å². The zero-order chi connectivity index (χ0) is 20.0. The van der Waals surface area contributed by atoms with Crippen LogP contribution in [0.3, 0.4) is 0 Å². The molecule has 0 bridgehead atoms. The van der Waals surface area contributed by atoms with Crippen molar-refractivity contribution in [2.75, 3.05) is 44.3 Å². The summed E-state index contributed by atoms with van der Waals surface area (Å²) in [6.45, 7) is 8.41. The number of H-pyrrole nitrogens is 1. The number of anilines is 1. The van der Waals surface area contributed by atoms with Gasteiger partial charge in [-0.25, -0.2) is 4.98 Å². The highest BCUT2D eigenvalue weighted by Gasteiger charge is 2.42. The number of nitrogens with zero attached hydrogens (tertiary/aromatic N) is 4. The molecule has 3 fully saturated rings. The minimum atomic E-state index is 0.0161. The third kappa shape index (κ3) is 2.99. The second-order valence-corrected chi connectivity index (χ2v) is 8.36. The van der Waals surface area contributed by atoms with Crippen LogP contribution < -0.4 is 4.90 Å². The first kappa shape index (κ1) is 18.2. The summed E-state index contributed by atoms with van der Waals surface area (Å²) >= 11 is 0. The van der Waals surface area contributed by atoms with E-state index < -0.39 is 0 Å². The van der Waals surface area contributed by atoms with Gasteiger partial charge in [0.05, 0.1) is 11.3 Å². The topological polar surface area (TPSA) is 85.3 Å². The van der Waals surface area contributed by atoms with Gasteiger partial charge in [0.25, 0.3) is 0 Å². The standard InChI is InChI=1S/C22H25N5O2/c1-2-19(28)26-10-16-12-27(13-17(16)11-26)21-15(7-23)8-24-22-20(21)18(9-25-22)14-3-5-29-6-4-14/h2,8-9,14,16-17H,1,3-6,10-13H2,(H,24,25)/t16-,17+. The van der Waals surface area contributed by atoms with Gasteiger partial charge in [0, 0.05) is 69.0 Å². The summed E-state index contributed by atoms with van der Waals surface area (Å²) in [6.07, 6.45) is 7.14. The Morgan fingerprint density at radius 2 is 2.00 bits per heavy atom. The Morgan fingerprint density at radius 1 is 1.28 bits per heavy atom. The highest BCUT2D eigenvalue weighted by Crippen LogP contribution is 2.42. The van der Waals surface area contributed by atoms with E-state index in [1.54, 1.807) is 6.20 Å². The van der Waals surface area contributed by atoms with Gasteiger partial charge in [-0.3, -0.25) is 4.79 Å². The number of aromatic amines is 1. The van der Waals surface area contributed by atoms with Gasteiger partial charge in [0.1, 0.15) is 11.7 Å². The summed E-state index contributed by atoms with van der Waals surface area (Å²) in [5.41, 5.74) is 3.74. The second-order valence-electron chi connectivity index (χ2n) is 8.36. The molecule has 7 heteroatoms. The van der Waals surface area contributed by atoms with E-state index >= 15 is 0 Å². The number of likely N-dealkylation sites (tertiary alicyclic amines) is 1. The molecular formula is C22H25N5O2. The van der Waals surface area contributed by atoms with Crippen LogP contribution in [0.1, 0.15) is 29.9 Å². The van der Waals surface area contributed by atoms with Gasteiger partial charge in [-0.15, -0.1) is 0 Å². The number of nitrogens with one attached hydrogen (secondary N) is 1. The van der Waals surface area contributed by atoms with Crippen LogP contribution >= 0.6 is 0 Å². The Bertz CT molecular complexity index is 987. The quantitative estimate of drug-likeness (QED) is 0.812. The van der Waals surface area contributed by atoms with Gasteiger partial charge in [-0.1, -0.05) is 6.58 Å². The largest absolute Gasteiger partial charge is 0.381 e. The minimum absolute atomic E-state index is 0.0161. The maximum absolute atomic E-state index is 12.0. The van der Waals surface area contributed by atoms with Gasteiger partial charge in [-0.2, -0.15) is 5.26 Å². The summed E-state index contributed by atoms with van der Waals surface area (Å²) in [4.78, 5) is 24.1. The van der Waals surface area contributed by atoms with E-state index in [0.29, 0.717) is 23.3 Å². The zero-order valence-electron chi connectivity index (χ0n) is 16.4. The van der Waals surface area contributed by atoms with Gasteiger partial charge in [0.15, 0.2) is 0 Å². The van der Waals surface area contributed by atoms with Crippen molar-refractivity contribution in [1.29, 1.82) is 5.26 Å². The zero-order valence-corrected chi connectivity index (χ0v) is 16.4. The Labute approximate surface area is 169 Å². The molecular weight excluding hydrogens is 366 g/mol. The highest BCUT2D eigenvalue weighted by atomic mass is 16.5. The molecule has 0 aliphatic carbocycles. The lowest BCUT2D eigenvalue weighted by atomic mass is 9.91. The molecule has 1 N–H and O–H groups in total. The number of hydrogen-bond donors (Lipinski definition) is 1. The molecule has 3 saturated heterocycles. The van der Waals surface area contributed by atoms with Crippen molar-refractivity contribution in [3.8, 4) is 6.07 Å². The summed E-state index contributed by atoms with van der Waals surface area (Å²) < 4.78 is 5.55. The molecule has 3 aliphatic heterocycles. The normalized spacial score (nSPS) is 24.7. The number of nitriles is 1. The fraction of sp³-hybridized carbons (Fsp3) is 0.500. The molecule has 2 aromatic rings. The van der Waals surface area contributed by atoms with Gasteiger partial charge >= 0.3 is 0 Å². The fourth-order valence-electron chi connectivity index (χ4n) is 5.33. The Morgan fingerprint density at radius 3 is 2.66 bits per heavy atom. The molecule has 3 aliphatic rings. The molecule has 0 spiro atoms. The van der Waals surface area contributed by atoms with Gasteiger partial charge in [0.2, 0.25) is 5.91 Å². The van der Waals surface area contributed by atoms with E-state index in [2.05, 4.69) is 33.7 Å². The predicted octanol–water partition coefficient (Wildman–Crippen LogP) is 2.41. The first-order valence-corrected chi connectivity index (χ1v) is 10.3.